The van der Waals surface area contributed by atoms with Crippen molar-refractivity contribution in [1.29, 1.82) is 0 Å². The van der Waals surface area contributed by atoms with Gasteiger partial charge in [-0.05, 0) is 32.9 Å². The van der Waals surface area contributed by atoms with Gasteiger partial charge in [-0.1, -0.05) is 0 Å². The zero-order valence-electron chi connectivity index (χ0n) is 8.64. The van der Waals surface area contributed by atoms with Crippen LogP contribution in [0.2, 0.25) is 0 Å². The van der Waals surface area contributed by atoms with Crippen molar-refractivity contribution in [3.8, 4) is 0 Å². The summed E-state index contributed by atoms with van der Waals surface area (Å²) in [5.74, 6) is 0.144. The van der Waals surface area contributed by atoms with Crippen molar-refractivity contribution in [2.75, 3.05) is 19.7 Å². The van der Waals surface area contributed by atoms with Crippen molar-refractivity contribution >= 4 is 5.91 Å². The average molecular weight is 198 g/mol. The summed E-state index contributed by atoms with van der Waals surface area (Å²) >= 11 is 0. The second-order valence-corrected chi connectivity index (χ2v) is 4.10. The molecular formula is C10H18N2O2. The zero-order valence-corrected chi connectivity index (χ0v) is 8.64. The average Bonchev–Trinajstić information content (AvgIpc) is 2.45. The fourth-order valence-electron chi connectivity index (χ4n) is 2.51. The highest BCUT2D eigenvalue weighted by atomic mass is 16.5. The number of amides is 1. The number of rotatable bonds is 2. The first kappa shape index (κ1) is 9.93. The Morgan fingerprint density at radius 1 is 1.50 bits per heavy atom. The van der Waals surface area contributed by atoms with Crippen LogP contribution in [0.3, 0.4) is 0 Å². The van der Waals surface area contributed by atoms with Gasteiger partial charge in [0.2, 0.25) is 5.91 Å². The first-order valence-corrected chi connectivity index (χ1v) is 5.40. The highest BCUT2D eigenvalue weighted by molar-refractivity contribution is 5.80. The predicted molar refractivity (Wildman–Crippen MR) is 53.0 cm³/mol. The van der Waals surface area contributed by atoms with Gasteiger partial charge in [0, 0.05) is 6.61 Å². The van der Waals surface area contributed by atoms with Gasteiger partial charge in [-0.25, -0.2) is 0 Å². The minimum Gasteiger partial charge on any atom is -0.376 e. The number of ether oxygens (including phenoxy) is 1. The maximum absolute atomic E-state index is 11.4. The standard InChI is InChI=1S/C10H18N2O2/c1-2-14-8-7-9(13)12-10(8)3-5-11-6-4-10/h8,11H,2-7H2,1H3,(H,12,13). The van der Waals surface area contributed by atoms with Crippen molar-refractivity contribution in [3.05, 3.63) is 0 Å². The second-order valence-electron chi connectivity index (χ2n) is 4.10. The number of piperidine rings is 1. The molecule has 0 radical (unpaired) electrons. The molecule has 2 saturated heterocycles. The highest BCUT2D eigenvalue weighted by Gasteiger charge is 2.47. The molecule has 80 valence electrons. The van der Waals surface area contributed by atoms with E-state index in [-0.39, 0.29) is 17.6 Å². The molecule has 0 aromatic heterocycles. The molecule has 2 aliphatic heterocycles. The highest BCUT2D eigenvalue weighted by Crippen LogP contribution is 2.31. The molecule has 14 heavy (non-hydrogen) atoms. The summed E-state index contributed by atoms with van der Waals surface area (Å²) in [5, 5.41) is 6.41. The van der Waals surface area contributed by atoms with Gasteiger partial charge in [0.25, 0.3) is 0 Å². The largest absolute Gasteiger partial charge is 0.376 e. The van der Waals surface area contributed by atoms with Crippen LogP contribution in [0, 0.1) is 0 Å². The first-order chi connectivity index (χ1) is 6.77. The summed E-state index contributed by atoms with van der Waals surface area (Å²) in [4.78, 5) is 11.4. The lowest BCUT2D eigenvalue weighted by molar-refractivity contribution is -0.120. The Labute approximate surface area is 84.4 Å². The number of hydrogen-bond acceptors (Lipinski definition) is 3. The van der Waals surface area contributed by atoms with Crippen molar-refractivity contribution in [1.82, 2.24) is 10.6 Å². The van der Waals surface area contributed by atoms with E-state index in [4.69, 9.17) is 4.74 Å². The van der Waals surface area contributed by atoms with Crippen LogP contribution in [0.4, 0.5) is 0 Å². The van der Waals surface area contributed by atoms with Crippen LogP contribution in [0.1, 0.15) is 26.2 Å². The van der Waals surface area contributed by atoms with E-state index in [1.807, 2.05) is 6.92 Å². The lowest BCUT2D eigenvalue weighted by Gasteiger charge is -2.38. The SMILES string of the molecule is CCOC1CC(=O)NC12CCNCC2. The van der Waals surface area contributed by atoms with Gasteiger partial charge in [-0.3, -0.25) is 4.79 Å². The normalized spacial score (nSPS) is 30.6. The molecule has 1 spiro atoms. The molecular weight excluding hydrogens is 180 g/mol. The molecule has 0 aromatic carbocycles. The molecule has 2 aliphatic rings. The Balaban J connectivity index is 2.09. The molecule has 2 heterocycles. The molecule has 4 heteroatoms. The lowest BCUT2D eigenvalue weighted by atomic mass is 9.84. The minimum atomic E-state index is -0.0711. The van der Waals surface area contributed by atoms with Gasteiger partial charge in [0.05, 0.1) is 18.1 Å². The van der Waals surface area contributed by atoms with E-state index in [9.17, 15) is 4.79 Å². The number of carbonyl (C=O) groups is 1. The van der Waals surface area contributed by atoms with Crippen molar-refractivity contribution in [2.45, 2.75) is 37.8 Å². The van der Waals surface area contributed by atoms with Crippen LogP contribution in [-0.2, 0) is 9.53 Å². The van der Waals surface area contributed by atoms with Gasteiger partial charge in [0.15, 0.2) is 0 Å². The summed E-state index contributed by atoms with van der Waals surface area (Å²) in [7, 11) is 0. The van der Waals surface area contributed by atoms with E-state index in [1.54, 1.807) is 0 Å². The molecule has 0 bridgehead atoms. The Bertz CT molecular complexity index is 224. The van der Waals surface area contributed by atoms with Gasteiger partial charge < -0.3 is 15.4 Å². The van der Waals surface area contributed by atoms with Crippen LogP contribution < -0.4 is 10.6 Å². The molecule has 0 aliphatic carbocycles. The molecule has 2 rings (SSSR count). The molecule has 2 fully saturated rings. The third-order valence-corrected chi connectivity index (χ3v) is 3.24. The van der Waals surface area contributed by atoms with E-state index in [0.717, 1.165) is 25.9 Å². The van der Waals surface area contributed by atoms with Crippen LogP contribution in [0.5, 0.6) is 0 Å². The van der Waals surface area contributed by atoms with E-state index in [1.165, 1.54) is 0 Å². The Morgan fingerprint density at radius 3 is 2.86 bits per heavy atom. The third kappa shape index (κ3) is 1.64. The maximum atomic E-state index is 11.4. The van der Waals surface area contributed by atoms with Crippen molar-refractivity contribution in [2.24, 2.45) is 0 Å². The topological polar surface area (TPSA) is 50.4 Å². The molecule has 2 N–H and O–H groups in total. The molecule has 1 atom stereocenters. The lowest BCUT2D eigenvalue weighted by Crippen LogP contribution is -2.55. The minimum absolute atomic E-state index is 0.0711. The fourth-order valence-corrected chi connectivity index (χ4v) is 2.51. The van der Waals surface area contributed by atoms with Gasteiger partial charge in [-0.15, -0.1) is 0 Å². The van der Waals surface area contributed by atoms with Crippen molar-refractivity contribution < 1.29 is 9.53 Å². The smallest absolute Gasteiger partial charge is 0.223 e. The fraction of sp³-hybridized carbons (Fsp3) is 0.900. The zero-order chi connectivity index (χ0) is 10.0. The van der Waals surface area contributed by atoms with E-state index in [2.05, 4.69) is 10.6 Å². The summed E-state index contributed by atoms with van der Waals surface area (Å²) in [6.45, 7) is 4.63. The number of hydrogen-bond donors (Lipinski definition) is 2. The molecule has 0 aromatic rings. The summed E-state index contributed by atoms with van der Waals surface area (Å²) < 4.78 is 5.66. The van der Waals surface area contributed by atoms with E-state index in [0.29, 0.717) is 13.0 Å². The molecule has 4 nitrogen and oxygen atoms in total. The van der Waals surface area contributed by atoms with Gasteiger partial charge in [0.1, 0.15) is 0 Å². The monoisotopic (exact) mass is 198 g/mol. The van der Waals surface area contributed by atoms with E-state index >= 15 is 0 Å². The maximum Gasteiger partial charge on any atom is 0.223 e. The summed E-state index contributed by atoms with van der Waals surface area (Å²) in [6.07, 6.45) is 2.60. The van der Waals surface area contributed by atoms with Crippen LogP contribution in [0.25, 0.3) is 0 Å². The van der Waals surface area contributed by atoms with E-state index < -0.39 is 0 Å². The quantitative estimate of drug-likeness (QED) is 0.658. The number of nitrogens with one attached hydrogen (secondary N) is 2. The first-order valence-electron chi connectivity index (χ1n) is 5.40. The Hall–Kier alpha value is -0.610. The molecule has 1 unspecified atom stereocenters. The Kier molecular flexibility index (Phi) is 2.74. The van der Waals surface area contributed by atoms with Crippen LogP contribution in [-0.4, -0.2) is 37.2 Å². The summed E-state index contributed by atoms with van der Waals surface area (Å²) in [5.41, 5.74) is -0.0711. The van der Waals surface area contributed by atoms with Crippen LogP contribution >= 0.6 is 0 Å². The second kappa shape index (κ2) is 3.87. The van der Waals surface area contributed by atoms with Gasteiger partial charge in [-0.2, -0.15) is 0 Å². The van der Waals surface area contributed by atoms with Crippen LogP contribution in [0.15, 0.2) is 0 Å². The molecule has 1 amide bonds. The summed E-state index contributed by atoms with van der Waals surface area (Å²) in [6, 6.07) is 0. The Morgan fingerprint density at radius 2 is 2.21 bits per heavy atom. The number of carbonyl (C=O) groups excluding carboxylic acids is 1. The molecule has 0 saturated carbocycles. The van der Waals surface area contributed by atoms with Gasteiger partial charge >= 0.3 is 0 Å². The predicted octanol–water partition coefficient (Wildman–Crippen LogP) is 0.0336. The third-order valence-electron chi connectivity index (χ3n) is 3.24. The van der Waals surface area contributed by atoms with Crippen molar-refractivity contribution in [3.63, 3.8) is 0 Å².